The van der Waals surface area contributed by atoms with Gasteiger partial charge in [0.1, 0.15) is 0 Å². The standard InChI is InChI=1S/C26H37F2N5OS/c1-5-15-33(20(2)16-30-35)21(3)17-32(24-9-7-6-8-10-24)18-22-11-13-23(14-12-22)26(31-29-4)34-19-25(27)28/h6-14,20-21,25,30,35H,4-5,15-19H2,1-3H3/b31-26-. The molecule has 0 aliphatic carbocycles. The molecule has 2 aromatic rings. The number of para-hydroxylation sites is 1. The van der Waals surface area contributed by atoms with Crippen molar-refractivity contribution in [1.82, 2.24) is 9.62 Å². The Hall–Kier alpha value is -2.49. The van der Waals surface area contributed by atoms with E-state index in [2.05, 4.69) is 77.2 Å². The highest BCUT2D eigenvalue weighted by Gasteiger charge is 2.22. The highest BCUT2D eigenvalue weighted by Crippen LogP contribution is 2.20. The fraction of sp³-hybridized carbons (Fsp3) is 0.462. The molecule has 0 fully saturated rings. The second kappa shape index (κ2) is 15.5. The topological polar surface area (TPSA) is 52.5 Å². The number of hydrogen-bond donors (Lipinski definition) is 2. The Labute approximate surface area is 213 Å². The Morgan fingerprint density at radius 2 is 1.77 bits per heavy atom. The lowest BCUT2D eigenvalue weighted by molar-refractivity contribution is 0.0765. The molecule has 0 spiro atoms. The van der Waals surface area contributed by atoms with Crippen LogP contribution in [0.5, 0.6) is 0 Å². The van der Waals surface area contributed by atoms with E-state index < -0.39 is 13.0 Å². The van der Waals surface area contributed by atoms with E-state index >= 15 is 0 Å². The van der Waals surface area contributed by atoms with Gasteiger partial charge >= 0.3 is 0 Å². The van der Waals surface area contributed by atoms with Crippen molar-refractivity contribution in [3.8, 4) is 0 Å². The quantitative estimate of drug-likeness (QED) is 0.150. The minimum atomic E-state index is -2.59. The van der Waals surface area contributed by atoms with Crippen LogP contribution in [0, 0.1) is 0 Å². The fourth-order valence-corrected chi connectivity index (χ4v) is 4.32. The van der Waals surface area contributed by atoms with Crippen LogP contribution in [0.2, 0.25) is 0 Å². The molecule has 0 aliphatic heterocycles. The molecule has 2 rings (SSSR count). The molecule has 0 radical (unpaired) electrons. The predicted octanol–water partition coefficient (Wildman–Crippen LogP) is 5.26. The maximum absolute atomic E-state index is 12.6. The zero-order valence-corrected chi connectivity index (χ0v) is 21.7. The molecule has 35 heavy (non-hydrogen) atoms. The third-order valence-corrected chi connectivity index (χ3v) is 5.87. The summed E-state index contributed by atoms with van der Waals surface area (Å²) >= 11 is 4.19. The summed E-state index contributed by atoms with van der Waals surface area (Å²) in [6.07, 6.45) is -1.52. The number of anilines is 1. The van der Waals surface area contributed by atoms with E-state index in [4.69, 9.17) is 4.74 Å². The summed E-state index contributed by atoms with van der Waals surface area (Å²) in [5, 5.41) is 7.20. The van der Waals surface area contributed by atoms with E-state index in [-0.39, 0.29) is 5.90 Å². The molecule has 6 nitrogen and oxygen atoms in total. The highest BCUT2D eigenvalue weighted by atomic mass is 32.1. The summed E-state index contributed by atoms with van der Waals surface area (Å²) in [5.41, 5.74) is 2.79. The molecule has 1 N–H and O–H groups in total. The maximum Gasteiger partial charge on any atom is 0.272 e. The van der Waals surface area contributed by atoms with Crippen LogP contribution in [0.3, 0.4) is 0 Å². The van der Waals surface area contributed by atoms with Gasteiger partial charge in [0.2, 0.25) is 5.90 Å². The predicted molar refractivity (Wildman–Crippen MR) is 145 cm³/mol. The van der Waals surface area contributed by atoms with Crippen molar-refractivity contribution in [2.45, 2.75) is 52.2 Å². The van der Waals surface area contributed by atoms with Crippen molar-refractivity contribution in [3.63, 3.8) is 0 Å². The lowest BCUT2D eigenvalue weighted by Crippen LogP contribution is -2.49. The molecule has 0 saturated heterocycles. The van der Waals surface area contributed by atoms with Crippen LogP contribution >= 0.6 is 12.8 Å². The SMILES string of the molecule is C=N/N=C(\OCC(F)F)c1ccc(CN(CC(C)N(CCC)C(C)CNS)c2ccccc2)cc1. The van der Waals surface area contributed by atoms with Gasteiger partial charge in [-0.05, 0) is 56.6 Å². The van der Waals surface area contributed by atoms with Crippen LogP contribution in [0.1, 0.15) is 38.3 Å². The number of hydrogen-bond acceptors (Lipinski definition) is 7. The number of rotatable bonds is 15. The summed E-state index contributed by atoms with van der Waals surface area (Å²) in [5.74, 6) is 0.0300. The van der Waals surface area contributed by atoms with Gasteiger partial charge in [-0.3, -0.25) is 9.62 Å². The molecule has 0 aromatic heterocycles. The number of nitrogens with one attached hydrogen (secondary N) is 1. The first-order chi connectivity index (χ1) is 16.9. The normalized spacial score (nSPS) is 13.7. The van der Waals surface area contributed by atoms with Crippen molar-refractivity contribution in [1.29, 1.82) is 0 Å². The number of ether oxygens (including phenoxy) is 1. The van der Waals surface area contributed by atoms with E-state index in [0.29, 0.717) is 24.2 Å². The zero-order valence-electron chi connectivity index (χ0n) is 20.8. The van der Waals surface area contributed by atoms with Crippen LogP contribution in [0.15, 0.2) is 64.8 Å². The first-order valence-electron chi connectivity index (χ1n) is 11.9. The summed E-state index contributed by atoms with van der Waals surface area (Å²) in [4.78, 5) is 4.87. The number of thiol groups is 1. The summed E-state index contributed by atoms with van der Waals surface area (Å²) in [6.45, 7) is 12.6. The van der Waals surface area contributed by atoms with E-state index in [0.717, 1.165) is 37.3 Å². The average Bonchev–Trinajstić information content (AvgIpc) is 2.85. The van der Waals surface area contributed by atoms with Crippen LogP contribution in [-0.2, 0) is 11.3 Å². The van der Waals surface area contributed by atoms with Gasteiger partial charge in [0.25, 0.3) is 6.43 Å². The van der Waals surface area contributed by atoms with Gasteiger partial charge in [-0.2, -0.15) is 5.10 Å². The zero-order chi connectivity index (χ0) is 25.6. The monoisotopic (exact) mass is 505 g/mol. The molecule has 0 saturated carbocycles. The van der Waals surface area contributed by atoms with Gasteiger partial charge in [-0.25, -0.2) is 8.78 Å². The summed E-state index contributed by atoms with van der Waals surface area (Å²) in [6, 6.07) is 18.5. The number of alkyl halides is 2. The summed E-state index contributed by atoms with van der Waals surface area (Å²) < 4.78 is 33.3. The van der Waals surface area contributed by atoms with Crippen molar-refractivity contribution >= 4 is 31.1 Å². The van der Waals surface area contributed by atoms with Crippen molar-refractivity contribution in [2.24, 2.45) is 10.2 Å². The van der Waals surface area contributed by atoms with Crippen molar-refractivity contribution < 1.29 is 13.5 Å². The Kier molecular flexibility index (Phi) is 12.7. The molecular weight excluding hydrogens is 468 g/mol. The molecule has 2 unspecified atom stereocenters. The molecule has 0 amide bonds. The minimum Gasteiger partial charge on any atom is -0.470 e. The fourth-order valence-electron chi connectivity index (χ4n) is 4.06. The molecule has 2 atom stereocenters. The molecule has 192 valence electrons. The van der Waals surface area contributed by atoms with Gasteiger partial charge in [-0.1, -0.05) is 50.1 Å². The van der Waals surface area contributed by atoms with E-state index in [1.54, 1.807) is 12.1 Å². The third-order valence-electron chi connectivity index (χ3n) is 5.69. The lowest BCUT2D eigenvalue weighted by atomic mass is 10.1. The Bertz CT molecular complexity index is 898. The Morgan fingerprint density at radius 3 is 2.34 bits per heavy atom. The summed E-state index contributed by atoms with van der Waals surface area (Å²) in [7, 11) is 0. The van der Waals surface area contributed by atoms with E-state index in [9.17, 15) is 8.78 Å². The van der Waals surface area contributed by atoms with Crippen molar-refractivity contribution in [2.75, 3.05) is 31.1 Å². The molecule has 2 aromatic carbocycles. The van der Waals surface area contributed by atoms with Gasteiger partial charge in [0, 0.05) is 49.7 Å². The lowest BCUT2D eigenvalue weighted by Gasteiger charge is -2.38. The Balaban J connectivity index is 2.22. The van der Waals surface area contributed by atoms with E-state index in [1.165, 1.54) is 0 Å². The number of halogens is 2. The molecule has 9 heteroatoms. The van der Waals surface area contributed by atoms with Crippen LogP contribution in [-0.4, -0.2) is 62.3 Å². The first kappa shape index (κ1) is 28.7. The molecule has 0 heterocycles. The highest BCUT2D eigenvalue weighted by molar-refractivity contribution is 7.78. The molecular formula is C26H37F2N5OS. The van der Waals surface area contributed by atoms with Crippen LogP contribution < -0.4 is 9.62 Å². The smallest absolute Gasteiger partial charge is 0.272 e. The van der Waals surface area contributed by atoms with Gasteiger partial charge in [-0.15, -0.1) is 5.10 Å². The van der Waals surface area contributed by atoms with Gasteiger partial charge in [0.15, 0.2) is 6.61 Å². The van der Waals surface area contributed by atoms with Gasteiger partial charge < -0.3 is 9.64 Å². The van der Waals surface area contributed by atoms with Crippen LogP contribution in [0.4, 0.5) is 14.5 Å². The first-order valence-corrected chi connectivity index (χ1v) is 12.3. The molecule has 0 aliphatic rings. The Morgan fingerprint density at radius 1 is 1.09 bits per heavy atom. The third kappa shape index (κ3) is 9.58. The second-order valence-electron chi connectivity index (χ2n) is 8.46. The average molecular weight is 506 g/mol. The van der Waals surface area contributed by atoms with E-state index in [1.807, 2.05) is 30.3 Å². The minimum absolute atomic E-state index is 0.0300. The largest absolute Gasteiger partial charge is 0.470 e. The maximum atomic E-state index is 12.6. The number of benzene rings is 2. The molecule has 0 bridgehead atoms. The van der Waals surface area contributed by atoms with Crippen molar-refractivity contribution in [3.05, 3.63) is 65.7 Å². The van der Waals surface area contributed by atoms with Gasteiger partial charge in [0.05, 0.1) is 0 Å². The second-order valence-corrected chi connectivity index (χ2v) is 8.78. The van der Waals surface area contributed by atoms with Crippen LogP contribution in [0.25, 0.3) is 0 Å². The number of nitrogens with zero attached hydrogens (tertiary/aromatic N) is 4.